The molecule has 2 atom stereocenters. The van der Waals surface area contributed by atoms with Gasteiger partial charge < -0.3 is 14.0 Å². The Morgan fingerprint density at radius 1 is 1.28 bits per heavy atom. The number of rotatable bonds is 8. The van der Waals surface area contributed by atoms with Crippen molar-refractivity contribution in [3.63, 3.8) is 0 Å². The van der Waals surface area contributed by atoms with Crippen LogP contribution in [-0.4, -0.2) is 57.8 Å². The average Bonchev–Trinajstić information content (AvgIpc) is 3.32. The number of aryl methyl sites for hydroxylation is 1. The van der Waals surface area contributed by atoms with E-state index in [0.717, 1.165) is 51.3 Å². The molecule has 1 aliphatic heterocycles. The predicted octanol–water partition coefficient (Wildman–Crippen LogP) is 2.42. The van der Waals surface area contributed by atoms with E-state index in [-0.39, 0.29) is 6.04 Å². The van der Waals surface area contributed by atoms with Crippen molar-refractivity contribution in [2.24, 2.45) is 0 Å². The molecule has 0 unspecified atom stereocenters. The lowest BCUT2D eigenvalue weighted by Gasteiger charge is -2.37. The number of nitrogens with zero attached hydrogens (tertiary/aromatic N) is 4. The molecular weight excluding hydrogens is 320 g/mol. The van der Waals surface area contributed by atoms with Gasteiger partial charge in [0.2, 0.25) is 5.89 Å². The van der Waals surface area contributed by atoms with E-state index >= 15 is 0 Å². The third kappa shape index (κ3) is 4.68. The molecule has 0 aromatic carbocycles. The second-order valence-electron chi connectivity index (χ2n) is 6.70. The topological polar surface area (TPSA) is 78.8 Å². The molecule has 0 radical (unpaired) electrons. The van der Waals surface area contributed by atoms with Gasteiger partial charge in [-0.25, -0.2) is 0 Å². The smallest absolute Gasteiger partial charge is 0.243 e. The summed E-state index contributed by atoms with van der Waals surface area (Å²) in [6.45, 7) is 8.50. The largest absolute Gasteiger partial charge is 0.467 e. The highest BCUT2D eigenvalue weighted by Gasteiger charge is 2.27. The molecule has 138 valence electrons. The normalized spacial score (nSPS) is 19.2. The third-order valence-corrected chi connectivity index (χ3v) is 4.85. The standard InChI is InChI=1S/C18H28N4O3/c1-3-4-7-17-19-18(25-20-17)14(2)22-10-8-21(9-11-22)13-15(23)16-6-5-12-24-16/h5-6,12,14-15,23H,3-4,7-11,13H2,1-2H3/t14-,15-/m1/s1. The van der Waals surface area contributed by atoms with Gasteiger partial charge in [0, 0.05) is 39.1 Å². The van der Waals surface area contributed by atoms with Gasteiger partial charge in [-0.2, -0.15) is 4.98 Å². The van der Waals surface area contributed by atoms with Crippen LogP contribution in [0.25, 0.3) is 0 Å². The van der Waals surface area contributed by atoms with Gasteiger partial charge in [-0.1, -0.05) is 18.5 Å². The highest BCUT2D eigenvalue weighted by atomic mass is 16.5. The first-order valence-corrected chi connectivity index (χ1v) is 9.17. The molecule has 3 heterocycles. The fourth-order valence-corrected chi connectivity index (χ4v) is 3.18. The molecule has 0 bridgehead atoms. The molecule has 0 saturated carbocycles. The molecule has 2 aromatic rings. The summed E-state index contributed by atoms with van der Waals surface area (Å²) >= 11 is 0. The molecule has 3 rings (SSSR count). The minimum atomic E-state index is -0.573. The molecule has 0 amide bonds. The van der Waals surface area contributed by atoms with Crippen molar-refractivity contribution in [3.8, 4) is 0 Å². The monoisotopic (exact) mass is 348 g/mol. The van der Waals surface area contributed by atoms with E-state index < -0.39 is 6.10 Å². The van der Waals surface area contributed by atoms with Crippen molar-refractivity contribution in [1.82, 2.24) is 19.9 Å². The number of aromatic nitrogens is 2. The van der Waals surface area contributed by atoms with Crippen LogP contribution in [0.1, 0.15) is 56.3 Å². The number of hydrogen-bond acceptors (Lipinski definition) is 7. The fourth-order valence-electron chi connectivity index (χ4n) is 3.18. The van der Waals surface area contributed by atoms with Crippen LogP contribution in [0, 0.1) is 0 Å². The Bertz CT molecular complexity index is 620. The van der Waals surface area contributed by atoms with Crippen molar-refractivity contribution in [1.29, 1.82) is 0 Å². The fraction of sp³-hybridized carbons (Fsp3) is 0.667. The zero-order valence-corrected chi connectivity index (χ0v) is 15.1. The van der Waals surface area contributed by atoms with E-state index in [4.69, 9.17) is 8.94 Å². The molecule has 1 saturated heterocycles. The maximum absolute atomic E-state index is 10.2. The molecule has 25 heavy (non-hydrogen) atoms. The lowest BCUT2D eigenvalue weighted by atomic mass is 10.2. The Labute approximate surface area is 148 Å². The van der Waals surface area contributed by atoms with Gasteiger partial charge in [0.25, 0.3) is 0 Å². The van der Waals surface area contributed by atoms with Crippen LogP contribution in [-0.2, 0) is 6.42 Å². The van der Waals surface area contributed by atoms with E-state index in [0.29, 0.717) is 18.2 Å². The number of piperazine rings is 1. The number of furan rings is 1. The minimum absolute atomic E-state index is 0.125. The van der Waals surface area contributed by atoms with Crippen LogP contribution in [0.5, 0.6) is 0 Å². The second kappa shape index (κ2) is 8.60. The first-order valence-electron chi connectivity index (χ1n) is 9.17. The van der Waals surface area contributed by atoms with Gasteiger partial charge in [0.15, 0.2) is 5.82 Å². The van der Waals surface area contributed by atoms with Gasteiger partial charge >= 0.3 is 0 Å². The van der Waals surface area contributed by atoms with Crippen LogP contribution in [0.3, 0.4) is 0 Å². The maximum atomic E-state index is 10.2. The molecule has 1 aliphatic rings. The molecular formula is C18H28N4O3. The highest BCUT2D eigenvalue weighted by Crippen LogP contribution is 2.22. The average molecular weight is 348 g/mol. The minimum Gasteiger partial charge on any atom is -0.467 e. The van der Waals surface area contributed by atoms with E-state index in [2.05, 4.69) is 33.8 Å². The molecule has 2 aromatic heterocycles. The Hall–Kier alpha value is -1.70. The summed E-state index contributed by atoms with van der Waals surface area (Å²) < 4.78 is 10.7. The second-order valence-corrected chi connectivity index (χ2v) is 6.70. The lowest BCUT2D eigenvalue weighted by molar-refractivity contribution is 0.0452. The van der Waals surface area contributed by atoms with Gasteiger partial charge in [0.1, 0.15) is 11.9 Å². The SMILES string of the molecule is CCCCc1noc([C@@H](C)N2CCN(C[C@@H](O)c3ccco3)CC2)n1. The molecule has 1 fully saturated rings. The van der Waals surface area contributed by atoms with Gasteiger partial charge in [0.05, 0.1) is 12.3 Å². The quantitative estimate of drug-likeness (QED) is 0.785. The van der Waals surface area contributed by atoms with Crippen molar-refractivity contribution < 1.29 is 14.0 Å². The Kier molecular flexibility index (Phi) is 6.23. The number of aliphatic hydroxyl groups excluding tert-OH is 1. The van der Waals surface area contributed by atoms with Crippen molar-refractivity contribution in [2.45, 2.75) is 45.3 Å². The van der Waals surface area contributed by atoms with Crippen LogP contribution < -0.4 is 0 Å². The number of unbranched alkanes of at least 4 members (excludes halogenated alkanes) is 1. The molecule has 0 aliphatic carbocycles. The summed E-state index contributed by atoms with van der Waals surface area (Å²) in [5.74, 6) is 2.14. The molecule has 0 spiro atoms. The molecule has 1 N–H and O–H groups in total. The lowest BCUT2D eigenvalue weighted by Crippen LogP contribution is -2.48. The molecule has 7 heteroatoms. The Morgan fingerprint density at radius 3 is 2.76 bits per heavy atom. The van der Waals surface area contributed by atoms with Crippen LogP contribution in [0.15, 0.2) is 27.3 Å². The van der Waals surface area contributed by atoms with Crippen molar-refractivity contribution in [3.05, 3.63) is 35.9 Å². The first kappa shape index (κ1) is 18.1. The first-order chi connectivity index (χ1) is 12.2. The Balaban J connectivity index is 1.47. The highest BCUT2D eigenvalue weighted by molar-refractivity contribution is 5.02. The zero-order chi connectivity index (χ0) is 17.6. The van der Waals surface area contributed by atoms with E-state index in [1.165, 1.54) is 0 Å². The summed E-state index contributed by atoms with van der Waals surface area (Å²) in [6, 6.07) is 3.74. The number of β-amino-alcohol motifs (C(OH)–C–C–N with tert-alkyl or cyclic N) is 1. The Morgan fingerprint density at radius 2 is 2.08 bits per heavy atom. The summed E-state index contributed by atoms with van der Waals surface area (Å²) in [4.78, 5) is 9.15. The van der Waals surface area contributed by atoms with Crippen LogP contribution in [0.2, 0.25) is 0 Å². The van der Waals surface area contributed by atoms with E-state index in [1.807, 2.05) is 6.07 Å². The number of aliphatic hydroxyl groups is 1. The summed E-state index contributed by atoms with van der Waals surface area (Å²) in [5.41, 5.74) is 0. The van der Waals surface area contributed by atoms with E-state index in [1.54, 1.807) is 12.3 Å². The summed E-state index contributed by atoms with van der Waals surface area (Å²) in [5, 5.41) is 14.3. The number of hydrogen-bond donors (Lipinski definition) is 1. The van der Waals surface area contributed by atoms with Crippen LogP contribution >= 0.6 is 0 Å². The van der Waals surface area contributed by atoms with E-state index in [9.17, 15) is 5.11 Å². The van der Waals surface area contributed by atoms with Gasteiger partial charge in [-0.3, -0.25) is 9.80 Å². The molecule has 7 nitrogen and oxygen atoms in total. The zero-order valence-electron chi connectivity index (χ0n) is 15.1. The summed E-state index contributed by atoms with van der Waals surface area (Å²) in [6.07, 6.45) is 4.12. The third-order valence-electron chi connectivity index (χ3n) is 4.85. The predicted molar refractivity (Wildman–Crippen MR) is 93.0 cm³/mol. The van der Waals surface area contributed by atoms with Gasteiger partial charge in [-0.05, 0) is 25.5 Å². The maximum Gasteiger partial charge on any atom is 0.243 e. The van der Waals surface area contributed by atoms with Gasteiger partial charge in [-0.15, -0.1) is 0 Å². The van der Waals surface area contributed by atoms with Crippen LogP contribution in [0.4, 0.5) is 0 Å². The van der Waals surface area contributed by atoms with Crippen molar-refractivity contribution >= 4 is 0 Å². The van der Waals surface area contributed by atoms with Crippen molar-refractivity contribution in [2.75, 3.05) is 32.7 Å². The summed E-state index contributed by atoms with van der Waals surface area (Å²) in [7, 11) is 0.